The summed E-state index contributed by atoms with van der Waals surface area (Å²) < 4.78 is 34.2. The predicted molar refractivity (Wildman–Crippen MR) is 133 cm³/mol. The highest BCUT2D eigenvalue weighted by atomic mass is 79.9. The molecule has 9 heteroatoms. The summed E-state index contributed by atoms with van der Waals surface area (Å²) in [7, 11) is -2.40. The smallest absolute Gasteiger partial charge is 0.243 e. The predicted octanol–water partition coefficient (Wildman–Crippen LogP) is 5.18. The average Bonchev–Trinajstić information content (AvgIpc) is 2.80. The van der Waals surface area contributed by atoms with Crippen LogP contribution in [0, 0.1) is 0 Å². The maximum absolute atomic E-state index is 13.4. The molecule has 0 fully saturated rings. The van der Waals surface area contributed by atoms with E-state index >= 15 is 0 Å². The first-order valence-electron chi connectivity index (χ1n) is 10.1. The van der Waals surface area contributed by atoms with E-state index in [2.05, 4.69) is 21.2 Å². The molecule has 0 heterocycles. The van der Waals surface area contributed by atoms with Crippen molar-refractivity contribution < 1.29 is 17.9 Å². The summed E-state index contributed by atoms with van der Waals surface area (Å²) in [4.78, 5) is 13.0. The molecule has 0 aromatic heterocycles. The van der Waals surface area contributed by atoms with Crippen LogP contribution in [-0.4, -0.2) is 32.3 Å². The summed E-state index contributed by atoms with van der Waals surface area (Å²) in [6, 6.07) is 20.1. The zero-order chi connectivity index (χ0) is 24.0. The lowest BCUT2D eigenvalue weighted by Gasteiger charge is -2.24. The summed E-state index contributed by atoms with van der Waals surface area (Å²) in [5.74, 6) is 0.217. The molecule has 0 spiro atoms. The lowest BCUT2D eigenvalue weighted by Crippen LogP contribution is -2.41. The number of para-hydroxylation sites is 1. The van der Waals surface area contributed by atoms with Crippen LogP contribution in [-0.2, 0) is 21.4 Å². The Labute approximate surface area is 207 Å². The third-order valence-corrected chi connectivity index (χ3v) is 7.61. The standard InChI is InChI=1S/C24H24BrClN2O4S/c1-17(22-5-3-4-6-23(22)32-2)27-24(29)16-28(15-18-7-9-19(25)10-8-18)33(30,31)21-13-11-20(26)12-14-21/h3-14,17H,15-16H2,1-2H3,(H,27,29)/t17-/m0/s1. The highest BCUT2D eigenvalue weighted by molar-refractivity contribution is 9.10. The van der Waals surface area contributed by atoms with Crippen LogP contribution in [0.5, 0.6) is 5.75 Å². The number of rotatable bonds is 9. The fraction of sp³-hybridized carbons (Fsp3) is 0.208. The van der Waals surface area contributed by atoms with Crippen molar-refractivity contribution in [1.29, 1.82) is 0 Å². The van der Waals surface area contributed by atoms with Gasteiger partial charge in [-0.05, 0) is 55.0 Å². The normalized spacial score (nSPS) is 12.4. The van der Waals surface area contributed by atoms with E-state index in [-0.39, 0.29) is 24.0 Å². The van der Waals surface area contributed by atoms with Crippen molar-refractivity contribution in [3.8, 4) is 5.75 Å². The Balaban J connectivity index is 1.84. The number of halogens is 2. The van der Waals surface area contributed by atoms with E-state index in [0.29, 0.717) is 10.8 Å². The number of sulfonamides is 1. The van der Waals surface area contributed by atoms with E-state index in [1.165, 1.54) is 24.3 Å². The second-order valence-corrected chi connectivity index (χ2v) is 10.7. The Kier molecular flexibility index (Phi) is 8.53. The van der Waals surface area contributed by atoms with Crippen LogP contribution in [0.2, 0.25) is 5.02 Å². The van der Waals surface area contributed by atoms with Gasteiger partial charge in [0.25, 0.3) is 0 Å². The molecule has 174 valence electrons. The van der Waals surface area contributed by atoms with Crippen LogP contribution in [0.25, 0.3) is 0 Å². The molecule has 0 radical (unpaired) electrons. The van der Waals surface area contributed by atoms with E-state index in [0.717, 1.165) is 19.9 Å². The summed E-state index contributed by atoms with van der Waals surface area (Å²) in [6.45, 7) is 1.51. The molecule has 1 amide bonds. The van der Waals surface area contributed by atoms with Crippen molar-refractivity contribution in [2.75, 3.05) is 13.7 Å². The maximum atomic E-state index is 13.4. The molecule has 0 aliphatic rings. The van der Waals surface area contributed by atoms with Crippen molar-refractivity contribution in [2.45, 2.75) is 24.4 Å². The van der Waals surface area contributed by atoms with Gasteiger partial charge in [0.1, 0.15) is 5.75 Å². The van der Waals surface area contributed by atoms with Crippen molar-refractivity contribution in [3.05, 3.63) is 93.4 Å². The zero-order valence-corrected chi connectivity index (χ0v) is 21.3. The molecule has 6 nitrogen and oxygen atoms in total. The summed E-state index contributed by atoms with van der Waals surface area (Å²) in [5.41, 5.74) is 1.55. The second kappa shape index (κ2) is 11.2. The number of nitrogens with zero attached hydrogens (tertiary/aromatic N) is 1. The topological polar surface area (TPSA) is 75.7 Å². The van der Waals surface area contributed by atoms with Crippen LogP contribution in [0.1, 0.15) is 24.1 Å². The van der Waals surface area contributed by atoms with E-state index in [9.17, 15) is 13.2 Å². The number of ether oxygens (including phenoxy) is 1. The van der Waals surface area contributed by atoms with E-state index in [4.69, 9.17) is 16.3 Å². The molecule has 0 aliphatic carbocycles. The number of benzene rings is 3. The van der Waals surface area contributed by atoms with Crippen LogP contribution in [0.3, 0.4) is 0 Å². The Morgan fingerprint density at radius 2 is 1.70 bits per heavy atom. The minimum atomic E-state index is -3.96. The third kappa shape index (κ3) is 6.57. The highest BCUT2D eigenvalue weighted by Gasteiger charge is 2.27. The van der Waals surface area contributed by atoms with Gasteiger partial charge in [-0.1, -0.05) is 57.9 Å². The maximum Gasteiger partial charge on any atom is 0.243 e. The van der Waals surface area contributed by atoms with Crippen LogP contribution in [0.4, 0.5) is 0 Å². The molecule has 0 saturated heterocycles. The van der Waals surface area contributed by atoms with E-state index in [1.54, 1.807) is 7.11 Å². The van der Waals surface area contributed by atoms with Gasteiger partial charge in [0.2, 0.25) is 15.9 Å². The molecular formula is C24H24BrClN2O4S. The molecule has 33 heavy (non-hydrogen) atoms. The van der Waals surface area contributed by atoms with Crippen LogP contribution in [0.15, 0.2) is 82.2 Å². The highest BCUT2D eigenvalue weighted by Crippen LogP contribution is 2.25. The van der Waals surface area contributed by atoms with Gasteiger partial charge in [0, 0.05) is 21.6 Å². The van der Waals surface area contributed by atoms with Crippen LogP contribution < -0.4 is 10.1 Å². The molecule has 1 N–H and O–H groups in total. The fourth-order valence-corrected chi connectivity index (χ4v) is 5.10. The molecule has 0 aliphatic heterocycles. The van der Waals surface area contributed by atoms with Gasteiger partial charge in [0.15, 0.2) is 0 Å². The Hall–Kier alpha value is -2.39. The summed E-state index contributed by atoms with van der Waals surface area (Å²) >= 11 is 9.30. The number of carbonyl (C=O) groups excluding carboxylic acids is 1. The SMILES string of the molecule is COc1ccccc1[C@H](C)NC(=O)CN(Cc1ccc(Br)cc1)S(=O)(=O)c1ccc(Cl)cc1. The summed E-state index contributed by atoms with van der Waals surface area (Å²) in [5, 5.41) is 3.30. The molecular weight excluding hydrogens is 528 g/mol. The number of amides is 1. The van der Waals surface area contributed by atoms with Gasteiger partial charge in [-0.2, -0.15) is 4.31 Å². The lowest BCUT2D eigenvalue weighted by molar-refractivity contribution is -0.122. The first kappa shape index (κ1) is 25.2. The number of hydrogen-bond acceptors (Lipinski definition) is 4. The van der Waals surface area contributed by atoms with Crippen molar-refractivity contribution in [2.24, 2.45) is 0 Å². The molecule has 0 unspecified atom stereocenters. The minimum absolute atomic E-state index is 0.0364. The minimum Gasteiger partial charge on any atom is -0.496 e. The van der Waals surface area contributed by atoms with Crippen molar-refractivity contribution in [3.63, 3.8) is 0 Å². The van der Waals surface area contributed by atoms with Crippen LogP contribution >= 0.6 is 27.5 Å². The largest absolute Gasteiger partial charge is 0.496 e. The molecule has 3 rings (SSSR count). The number of carbonyl (C=O) groups is 1. The van der Waals surface area contributed by atoms with Gasteiger partial charge < -0.3 is 10.1 Å². The van der Waals surface area contributed by atoms with Gasteiger partial charge in [-0.3, -0.25) is 4.79 Å². The Morgan fingerprint density at radius 3 is 2.33 bits per heavy atom. The van der Waals surface area contributed by atoms with Gasteiger partial charge in [0.05, 0.1) is 24.6 Å². The van der Waals surface area contributed by atoms with E-state index < -0.39 is 15.9 Å². The molecule has 3 aromatic carbocycles. The Bertz CT molecular complexity index is 1200. The first-order chi connectivity index (χ1) is 15.7. The average molecular weight is 552 g/mol. The van der Waals surface area contributed by atoms with Gasteiger partial charge >= 0.3 is 0 Å². The first-order valence-corrected chi connectivity index (χ1v) is 12.7. The monoisotopic (exact) mass is 550 g/mol. The van der Waals surface area contributed by atoms with Gasteiger partial charge in [-0.15, -0.1) is 0 Å². The van der Waals surface area contributed by atoms with Crippen molar-refractivity contribution >= 4 is 43.5 Å². The fourth-order valence-electron chi connectivity index (χ4n) is 3.32. The van der Waals surface area contributed by atoms with Gasteiger partial charge in [-0.25, -0.2) is 8.42 Å². The molecule has 0 bridgehead atoms. The molecule has 3 aromatic rings. The zero-order valence-electron chi connectivity index (χ0n) is 18.2. The third-order valence-electron chi connectivity index (χ3n) is 5.03. The summed E-state index contributed by atoms with van der Waals surface area (Å²) in [6.07, 6.45) is 0. The lowest BCUT2D eigenvalue weighted by atomic mass is 10.1. The second-order valence-electron chi connectivity index (χ2n) is 7.38. The van der Waals surface area contributed by atoms with Crippen molar-refractivity contribution in [1.82, 2.24) is 9.62 Å². The van der Waals surface area contributed by atoms with E-state index in [1.807, 2.05) is 55.5 Å². The quantitative estimate of drug-likeness (QED) is 0.398. The molecule has 1 atom stereocenters. The molecule has 0 saturated carbocycles. The Morgan fingerprint density at radius 1 is 1.06 bits per heavy atom. The number of methoxy groups -OCH3 is 1. The number of hydrogen-bond donors (Lipinski definition) is 1. The number of nitrogens with one attached hydrogen (secondary N) is 1.